The molecule has 1 atom stereocenters. The maximum Gasteiger partial charge on any atom is 0.419 e. The van der Waals surface area contributed by atoms with E-state index in [1.54, 1.807) is 20.8 Å². The zero-order chi connectivity index (χ0) is 19.8. The summed E-state index contributed by atoms with van der Waals surface area (Å²) in [4.78, 5) is 4.19. The van der Waals surface area contributed by atoms with Crippen LogP contribution in [0.4, 0.5) is 13.2 Å². The third kappa shape index (κ3) is 3.81. The number of halogens is 3. The lowest BCUT2D eigenvalue weighted by Crippen LogP contribution is -2.15. The van der Waals surface area contributed by atoms with Gasteiger partial charge in [0.2, 0.25) is 5.82 Å². The van der Waals surface area contributed by atoms with Crippen LogP contribution in [0.25, 0.3) is 22.8 Å². The lowest BCUT2D eigenvalue weighted by molar-refractivity contribution is -0.139. The van der Waals surface area contributed by atoms with Gasteiger partial charge in [0, 0.05) is 5.56 Å². The summed E-state index contributed by atoms with van der Waals surface area (Å²) in [6.45, 7) is 6.95. The van der Waals surface area contributed by atoms with Crippen molar-refractivity contribution in [1.29, 1.82) is 0 Å². The van der Waals surface area contributed by atoms with Crippen LogP contribution in [-0.2, 0) is 6.18 Å². The van der Waals surface area contributed by atoms with E-state index in [0.29, 0.717) is 23.4 Å². The van der Waals surface area contributed by atoms with E-state index in [-0.39, 0.29) is 29.1 Å². The number of aromatic nitrogens is 3. The minimum Gasteiger partial charge on any atom is -0.490 e. The third-order valence-corrected chi connectivity index (χ3v) is 4.12. The molecule has 0 radical (unpaired) electrons. The van der Waals surface area contributed by atoms with Gasteiger partial charge in [-0.15, -0.1) is 0 Å². The molecule has 3 rings (SSSR count). The summed E-state index contributed by atoms with van der Waals surface area (Å²) < 4.78 is 56.0. The van der Waals surface area contributed by atoms with Crippen LogP contribution in [0.1, 0.15) is 37.3 Å². The number of rotatable bonds is 5. The van der Waals surface area contributed by atoms with Crippen molar-refractivity contribution in [2.75, 3.05) is 0 Å². The summed E-state index contributed by atoms with van der Waals surface area (Å²) in [5.74, 6) is 0.430. The van der Waals surface area contributed by atoms with Gasteiger partial charge in [-0.3, -0.25) is 0 Å². The molecular formula is C18H18F3N3O3. The molecule has 0 amide bonds. The zero-order valence-electron chi connectivity index (χ0n) is 15.2. The minimum atomic E-state index is -4.58. The number of nitrogens with zero attached hydrogens (tertiary/aromatic N) is 3. The molecule has 9 heteroatoms. The first-order valence-corrected chi connectivity index (χ1v) is 8.36. The number of alkyl halides is 3. The SMILES string of the molecule is CC[C@H](C)Oc1ccc(-c2nc(-c3c(C)noc3C)no2)cc1C(F)(F)F. The van der Waals surface area contributed by atoms with Crippen LogP contribution in [0.3, 0.4) is 0 Å². The molecule has 6 nitrogen and oxygen atoms in total. The molecule has 3 aromatic rings. The van der Waals surface area contributed by atoms with Gasteiger partial charge in [-0.25, -0.2) is 0 Å². The Bertz CT molecular complexity index is 927. The first-order chi connectivity index (χ1) is 12.7. The molecule has 1 aromatic carbocycles. The lowest BCUT2D eigenvalue weighted by Gasteiger charge is -2.18. The normalized spacial score (nSPS) is 13.0. The standard InChI is InChI=1S/C18H18F3N3O3/c1-5-9(2)25-14-7-6-12(8-13(14)18(19,20)21)17-22-16(24-27-17)15-10(3)23-26-11(15)4/h6-9H,5H2,1-4H3/t9-/m0/s1. The summed E-state index contributed by atoms with van der Waals surface area (Å²) in [6, 6.07) is 3.67. The molecule has 144 valence electrons. The van der Waals surface area contributed by atoms with Crippen LogP contribution in [0, 0.1) is 13.8 Å². The second kappa shape index (κ2) is 7.05. The fourth-order valence-corrected chi connectivity index (χ4v) is 2.53. The van der Waals surface area contributed by atoms with Crippen molar-refractivity contribution in [2.45, 2.75) is 46.4 Å². The first kappa shape index (κ1) is 18.9. The average Bonchev–Trinajstić information content (AvgIpc) is 3.20. The highest BCUT2D eigenvalue weighted by Crippen LogP contribution is 2.39. The van der Waals surface area contributed by atoms with Crippen molar-refractivity contribution in [3.63, 3.8) is 0 Å². The van der Waals surface area contributed by atoms with Crippen LogP contribution < -0.4 is 4.74 Å². The maximum atomic E-state index is 13.5. The van der Waals surface area contributed by atoms with E-state index >= 15 is 0 Å². The van der Waals surface area contributed by atoms with Crippen LogP contribution in [0.15, 0.2) is 27.2 Å². The van der Waals surface area contributed by atoms with E-state index in [9.17, 15) is 13.2 Å². The smallest absolute Gasteiger partial charge is 0.419 e. The molecule has 0 fully saturated rings. The Morgan fingerprint density at radius 2 is 1.89 bits per heavy atom. The molecular weight excluding hydrogens is 363 g/mol. The third-order valence-electron chi connectivity index (χ3n) is 4.12. The Kier molecular flexibility index (Phi) is 4.95. The van der Waals surface area contributed by atoms with Gasteiger partial charge in [0.25, 0.3) is 5.89 Å². The average molecular weight is 381 g/mol. The highest BCUT2D eigenvalue weighted by molar-refractivity contribution is 5.64. The van der Waals surface area contributed by atoms with Gasteiger partial charge in [0.15, 0.2) is 0 Å². The highest BCUT2D eigenvalue weighted by Gasteiger charge is 2.35. The van der Waals surface area contributed by atoms with Crippen LogP contribution in [0.5, 0.6) is 5.75 Å². The number of hydrogen-bond acceptors (Lipinski definition) is 6. The van der Waals surface area contributed by atoms with E-state index in [4.69, 9.17) is 13.8 Å². The van der Waals surface area contributed by atoms with E-state index in [1.165, 1.54) is 12.1 Å². The molecule has 0 spiro atoms. The summed E-state index contributed by atoms with van der Waals surface area (Å²) in [5.41, 5.74) is 0.368. The largest absolute Gasteiger partial charge is 0.490 e. The number of hydrogen-bond donors (Lipinski definition) is 0. The maximum absolute atomic E-state index is 13.5. The quantitative estimate of drug-likeness (QED) is 0.604. The van der Waals surface area contributed by atoms with Crippen LogP contribution in [-0.4, -0.2) is 21.4 Å². The fraction of sp³-hybridized carbons (Fsp3) is 0.389. The molecule has 0 bridgehead atoms. The number of ether oxygens (including phenoxy) is 1. The van der Waals surface area contributed by atoms with Crippen LogP contribution in [0.2, 0.25) is 0 Å². The topological polar surface area (TPSA) is 74.2 Å². The summed E-state index contributed by atoms with van der Waals surface area (Å²) >= 11 is 0. The van der Waals surface area contributed by atoms with Crippen molar-refractivity contribution in [1.82, 2.24) is 15.3 Å². The molecule has 2 aromatic heterocycles. The fourth-order valence-electron chi connectivity index (χ4n) is 2.53. The van der Waals surface area contributed by atoms with Gasteiger partial charge in [-0.05, 0) is 45.4 Å². The Morgan fingerprint density at radius 3 is 2.48 bits per heavy atom. The van der Waals surface area contributed by atoms with Crippen LogP contribution >= 0.6 is 0 Å². The van der Waals surface area contributed by atoms with Gasteiger partial charge in [0.1, 0.15) is 11.5 Å². The molecule has 0 saturated carbocycles. The van der Waals surface area contributed by atoms with Gasteiger partial charge in [0.05, 0.1) is 22.9 Å². The molecule has 27 heavy (non-hydrogen) atoms. The Hall–Kier alpha value is -2.84. The van der Waals surface area contributed by atoms with Crippen molar-refractivity contribution in [2.24, 2.45) is 0 Å². The minimum absolute atomic E-state index is 0.0365. The molecule has 0 saturated heterocycles. The lowest BCUT2D eigenvalue weighted by atomic mass is 10.1. The zero-order valence-corrected chi connectivity index (χ0v) is 15.2. The molecule has 2 heterocycles. The van der Waals surface area contributed by atoms with Gasteiger partial charge < -0.3 is 13.8 Å². The van der Waals surface area contributed by atoms with E-state index in [2.05, 4.69) is 15.3 Å². The van der Waals surface area contributed by atoms with Crippen molar-refractivity contribution in [3.8, 4) is 28.6 Å². The second-order valence-corrected chi connectivity index (χ2v) is 6.17. The predicted octanol–water partition coefficient (Wildman–Crippen LogP) is 5.20. The molecule has 0 aliphatic carbocycles. The van der Waals surface area contributed by atoms with E-state index in [1.807, 2.05) is 6.92 Å². The molecule has 0 unspecified atom stereocenters. The van der Waals surface area contributed by atoms with Gasteiger partial charge in [-0.1, -0.05) is 17.2 Å². The van der Waals surface area contributed by atoms with Crippen molar-refractivity contribution < 1.29 is 27.0 Å². The summed E-state index contributed by atoms with van der Waals surface area (Å²) in [6.07, 6.45) is -4.33. The predicted molar refractivity (Wildman–Crippen MR) is 90.1 cm³/mol. The van der Waals surface area contributed by atoms with Crippen molar-refractivity contribution >= 4 is 0 Å². The summed E-state index contributed by atoms with van der Waals surface area (Å²) in [5, 5.41) is 7.64. The van der Waals surface area contributed by atoms with E-state index < -0.39 is 11.7 Å². The highest BCUT2D eigenvalue weighted by atomic mass is 19.4. The van der Waals surface area contributed by atoms with E-state index in [0.717, 1.165) is 6.07 Å². The van der Waals surface area contributed by atoms with Crippen molar-refractivity contribution in [3.05, 3.63) is 35.2 Å². The molecule has 0 aliphatic rings. The monoisotopic (exact) mass is 381 g/mol. The first-order valence-electron chi connectivity index (χ1n) is 8.36. The van der Waals surface area contributed by atoms with Gasteiger partial charge in [-0.2, -0.15) is 18.2 Å². The molecule has 0 aliphatic heterocycles. The number of aryl methyl sites for hydroxylation is 2. The Labute approximate surface area is 153 Å². The van der Waals surface area contributed by atoms with Gasteiger partial charge >= 0.3 is 6.18 Å². The number of benzene rings is 1. The second-order valence-electron chi connectivity index (χ2n) is 6.17. The molecule has 0 N–H and O–H groups in total. The Balaban J connectivity index is 2.01. The summed E-state index contributed by atoms with van der Waals surface area (Å²) in [7, 11) is 0. The Morgan fingerprint density at radius 1 is 1.15 bits per heavy atom.